The molecule has 2 aromatic carbocycles. The van der Waals surface area contributed by atoms with E-state index in [0.717, 1.165) is 31.4 Å². The maximum absolute atomic E-state index is 12.2. The van der Waals surface area contributed by atoms with E-state index in [1.165, 1.54) is 0 Å². The van der Waals surface area contributed by atoms with Crippen molar-refractivity contribution < 1.29 is 23.8 Å². The molecule has 0 unspecified atom stereocenters. The summed E-state index contributed by atoms with van der Waals surface area (Å²) < 4.78 is 16.1. The van der Waals surface area contributed by atoms with Gasteiger partial charge in [-0.15, -0.1) is 0 Å². The van der Waals surface area contributed by atoms with Crippen LogP contribution in [-0.2, 0) is 4.74 Å². The summed E-state index contributed by atoms with van der Waals surface area (Å²) in [5.41, 5.74) is 0.861. The molecule has 0 aliphatic rings. The fourth-order valence-corrected chi connectivity index (χ4v) is 2.24. The van der Waals surface area contributed by atoms with Gasteiger partial charge in [0.25, 0.3) is 0 Å². The van der Waals surface area contributed by atoms with Crippen LogP contribution in [0.4, 0.5) is 0 Å². The molecule has 2 rings (SSSR count). The Morgan fingerprint density at radius 2 is 1.22 bits per heavy atom. The average Bonchev–Trinajstić information content (AvgIpc) is 2.69. The lowest BCUT2D eigenvalue weighted by Crippen LogP contribution is -2.09. The van der Waals surface area contributed by atoms with Gasteiger partial charge in [0.05, 0.1) is 24.3 Å². The minimum Gasteiger partial charge on any atom is -0.494 e. The highest BCUT2D eigenvalue weighted by atomic mass is 16.5. The van der Waals surface area contributed by atoms with Gasteiger partial charge in [0, 0.05) is 0 Å². The van der Waals surface area contributed by atoms with E-state index in [1.54, 1.807) is 48.5 Å². The molecule has 0 bridgehead atoms. The molecule has 0 aliphatic carbocycles. The third-order valence-electron chi connectivity index (χ3n) is 3.89. The molecule has 0 aliphatic heterocycles. The van der Waals surface area contributed by atoms with Crippen molar-refractivity contribution in [1.29, 1.82) is 0 Å². The van der Waals surface area contributed by atoms with E-state index in [1.807, 2.05) is 6.92 Å². The Kier molecular flexibility index (Phi) is 8.36. The predicted octanol–water partition coefficient (Wildman–Crippen LogP) is 5.04. The van der Waals surface area contributed by atoms with Crippen LogP contribution in [0.15, 0.2) is 48.5 Å². The zero-order valence-corrected chi connectivity index (χ0v) is 15.9. The van der Waals surface area contributed by atoms with Gasteiger partial charge in [0.15, 0.2) is 0 Å². The van der Waals surface area contributed by atoms with E-state index >= 15 is 0 Å². The third-order valence-corrected chi connectivity index (χ3v) is 3.89. The van der Waals surface area contributed by atoms with E-state index < -0.39 is 5.97 Å². The van der Waals surface area contributed by atoms with Crippen LogP contribution in [-0.4, -0.2) is 25.2 Å². The SMILES string of the molecule is CCCCOC(=O)c1ccc(OC(=O)c2ccc(OCCCC)cc2)cc1. The molecule has 0 saturated heterocycles. The number of esters is 2. The standard InChI is InChI=1S/C22H26O5/c1-3-5-15-25-19-11-7-18(8-12-19)22(24)27-20-13-9-17(10-14-20)21(23)26-16-6-4-2/h7-14H,3-6,15-16H2,1-2H3. The lowest BCUT2D eigenvalue weighted by Gasteiger charge is -2.08. The van der Waals surface area contributed by atoms with Crippen molar-refractivity contribution in [2.75, 3.05) is 13.2 Å². The Balaban J connectivity index is 1.88. The first-order valence-electron chi connectivity index (χ1n) is 9.36. The Morgan fingerprint density at radius 3 is 1.81 bits per heavy atom. The van der Waals surface area contributed by atoms with Gasteiger partial charge in [0.2, 0.25) is 0 Å². The van der Waals surface area contributed by atoms with Crippen LogP contribution < -0.4 is 9.47 Å². The van der Waals surface area contributed by atoms with Crippen molar-refractivity contribution in [3.63, 3.8) is 0 Å². The summed E-state index contributed by atoms with van der Waals surface area (Å²) in [4.78, 5) is 24.1. The van der Waals surface area contributed by atoms with Crippen molar-refractivity contribution in [2.45, 2.75) is 39.5 Å². The Labute approximate surface area is 160 Å². The molecular formula is C22H26O5. The number of hydrogen-bond acceptors (Lipinski definition) is 5. The quantitative estimate of drug-likeness (QED) is 0.333. The van der Waals surface area contributed by atoms with Crippen molar-refractivity contribution in [3.8, 4) is 11.5 Å². The molecule has 0 atom stereocenters. The van der Waals surface area contributed by atoms with E-state index in [2.05, 4.69) is 6.92 Å². The number of hydrogen-bond donors (Lipinski definition) is 0. The molecule has 0 fully saturated rings. The van der Waals surface area contributed by atoms with Crippen LogP contribution in [0, 0.1) is 0 Å². The van der Waals surface area contributed by atoms with Crippen LogP contribution in [0.3, 0.4) is 0 Å². The second-order valence-corrected chi connectivity index (χ2v) is 6.13. The highest BCUT2D eigenvalue weighted by Gasteiger charge is 2.11. The van der Waals surface area contributed by atoms with Crippen LogP contribution in [0.25, 0.3) is 0 Å². The third kappa shape index (κ3) is 6.77. The first-order valence-corrected chi connectivity index (χ1v) is 9.36. The number of carbonyl (C=O) groups excluding carboxylic acids is 2. The average molecular weight is 370 g/mol. The van der Waals surface area contributed by atoms with Crippen LogP contribution in [0.2, 0.25) is 0 Å². The monoisotopic (exact) mass is 370 g/mol. The highest BCUT2D eigenvalue weighted by Crippen LogP contribution is 2.17. The summed E-state index contributed by atoms with van der Waals surface area (Å²) in [5.74, 6) is 0.257. The first-order chi connectivity index (χ1) is 13.1. The molecule has 0 aromatic heterocycles. The van der Waals surface area contributed by atoms with Gasteiger partial charge >= 0.3 is 11.9 Å². The van der Waals surface area contributed by atoms with Crippen molar-refractivity contribution >= 4 is 11.9 Å². The van der Waals surface area contributed by atoms with Crippen molar-refractivity contribution in [1.82, 2.24) is 0 Å². The van der Waals surface area contributed by atoms with Gasteiger partial charge in [0.1, 0.15) is 11.5 Å². The molecule has 0 amide bonds. The lowest BCUT2D eigenvalue weighted by molar-refractivity contribution is 0.0499. The molecule has 27 heavy (non-hydrogen) atoms. The number of ether oxygens (including phenoxy) is 3. The zero-order valence-electron chi connectivity index (χ0n) is 15.9. The number of benzene rings is 2. The van der Waals surface area contributed by atoms with Gasteiger partial charge < -0.3 is 14.2 Å². The topological polar surface area (TPSA) is 61.8 Å². The fourth-order valence-electron chi connectivity index (χ4n) is 2.24. The second-order valence-electron chi connectivity index (χ2n) is 6.13. The summed E-state index contributed by atoms with van der Waals surface area (Å²) in [6, 6.07) is 13.2. The van der Waals surface area contributed by atoms with Gasteiger partial charge in [-0.25, -0.2) is 9.59 Å². The predicted molar refractivity (Wildman–Crippen MR) is 103 cm³/mol. The molecule has 144 valence electrons. The smallest absolute Gasteiger partial charge is 0.343 e. The summed E-state index contributed by atoms with van der Waals surface area (Å²) in [6.45, 7) is 5.20. The molecule has 0 heterocycles. The fraction of sp³-hybridized carbons (Fsp3) is 0.364. The number of carbonyl (C=O) groups is 2. The second kappa shape index (κ2) is 11.0. The molecule has 0 N–H and O–H groups in total. The molecule has 2 aromatic rings. The molecular weight excluding hydrogens is 344 g/mol. The van der Waals surface area contributed by atoms with Crippen LogP contribution in [0.1, 0.15) is 60.2 Å². The first kappa shape index (κ1) is 20.5. The van der Waals surface area contributed by atoms with Gasteiger partial charge in [-0.1, -0.05) is 26.7 Å². The number of rotatable bonds is 10. The van der Waals surface area contributed by atoms with E-state index in [-0.39, 0.29) is 5.97 Å². The van der Waals surface area contributed by atoms with Crippen LogP contribution in [0.5, 0.6) is 11.5 Å². The largest absolute Gasteiger partial charge is 0.494 e. The molecule has 0 radical (unpaired) electrons. The van der Waals surface area contributed by atoms with E-state index in [4.69, 9.17) is 14.2 Å². The maximum Gasteiger partial charge on any atom is 0.343 e. The Bertz CT molecular complexity index is 719. The van der Waals surface area contributed by atoms with Crippen molar-refractivity contribution in [2.24, 2.45) is 0 Å². The lowest BCUT2D eigenvalue weighted by atomic mass is 10.2. The summed E-state index contributed by atoms with van der Waals surface area (Å²) >= 11 is 0. The molecule has 5 nitrogen and oxygen atoms in total. The maximum atomic E-state index is 12.2. The van der Waals surface area contributed by atoms with Crippen LogP contribution >= 0.6 is 0 Å². The summed E-state index contributed by atoms with van der Waals surface area (Å²) in [7, 11) is 0. The normalized spacial score (nSPS) is 10.3. The minimum atomic E-state index is -0.464. The van der Waals surface area contributed by atoms with Gasteiger partial charge in [-0.05, 0) is 61.4 Å². The summed E-state index contributed by atoms with van der Waals surface area (Å²) in [6.07, 6.45) is 3.86. The highest BCUT2D eigenvalue weighted by molar-refractivity contribution is 5.92. The zero-order chi connectivity index (χ0) is 19.5. The van der Waals surface area contributed by atoms with Gasteiger partial charge in [-0.2, -0.15) is 0 Å². The Hall–Kier alpha value is -2.82. The van der Waals surface area contributed by atoms with E-state index in [9.17, 15) is 9.59 Å². The molecule has 5 heteroatoms. The van der Waals surface area contributed by atoms with Gasteiger partial charge in [-0.3, -0.25) is 0 Å². The summed E-state index contributed by atoms with van der Waals surface area (Å²) in [5, 5.41) is 0. The molecule has 0 spiro atoms. The number of unbranched alkanes of at least 4 members (excludes halogenated alkanes) is 2. The van der Waals surface area contributed by atoms with E-state index in [0.29, 0.717) is 30.1 Å². The Morgan fingerprint density at radius 1 is 0.704 bits per heavy atom. The minimum absolute atomic E-state index is 0.369. The molecule has 0 saturated carbocycles. The van der Waals surface area contributed by atoms with Crippen molar-refractivity contribution in [3.05, 3.63) is 59.7 Å².